The molecule has 0 radical (unpaired) electrons. The van der Waals surface area contributed by atoms with Gasteiger partial charge >= 0.3 is 0 Å². The molecule has 12 heavy (non-hydrogen) atoms. The summed E-state index contributed by atoms with van der Waals surface area (Å²) < 4.78 is 5.03. The normalized spacial score (nSPS) is 30.2. The first kappa shape index (κ1) is 9.52. The zero-order chi connectivity index (χ0) is 8.97. The molecular formula is C9H17NO2. The van der Waals surface area contributed by atoms with Crippen LogP contribution in [0.3, 0.4) is 0 Å². The maximum atomic E-state index is 10.2. The SMILES string of the molecule is CN(C)C1CCCCC1OC=O. The highest BCUT2D eigenvalue weighted by atomic mass is 16.5. The fraction of sp³-hybridized carbons (Fsp3) is 0.889. The Bertz CT molecular complexity index is 147. The number of ether oxygens (including phenoxy) is 1. The van der Waals surface area contributed by atoms with Crippen LogP contribution in [0.2, 0.25) is 0 Å². The molecule has 2 atom stereocenters. The second-order valence-corrected chi connectivity index (χ2v) is 3.59. The van der Waals surface area contributed by atoms with E-state index in [0.717, 1.165) is 12.8 Å². The quantitative estimate of drug-likeness (QED) is 0.594. The average molecular weight is 171 g/mol. The molecule has 0 aromatic carbocycles. The van der Waals surface area contributed by atoms with Gasteiger partial charge in [0, 0.05) is 6.04 Å². The molecule has 1 aliphatic rings. The minimum Gasteiger partial charge on any atom is -0.463 e. The van der Waals surface area contributed by atoms with Crippen molar-refractivity contribution in [2.24, 2.45) is 0 Å². The van der Waals surface area contributed by atoms with E-state index in [9.17, 15) is 4.79 Å². The van der Waals surface area contributed by atoms with Crippen LogP contribution in [0.15, 0.2) is 0 Å². The van der Waals surface area contributed by atoms with Crippen molar-refractivity contribution in [1.82, 2.24) is 4.90 Å². The van der Waals surface area contributed by atoms with E-state index in [1.54, 1.807) is 0 Å². The van der Waals surface area contributed by atoms with Gasteiger partial charge in [-0.05, 0) is 33.4 Å². The zero-order valence-electron chi connectivity index (χ0n) is 7.82. The largest absolute Gasteiger partial charge is 0.463 e. The van der Waals surface area contributed by atoms with Crippen molar-refractivity contribution in [2.45, 2.75) is 37.8 Å². The molecule has 0 heterocycles. The van der Waals surface area contributed by atoms with E-state index in [-0.39, 0.29) is 6.10 Å². The van der Waals surface area contributed by atoms with Crippen LogP contribution in [0.1, 0.15) is 25.7 Å². The predicted octanol–water partition coefficient (Wildman–Crippen LogP) is 1.03. The third-order valence-corrected chi connectivity index (χ3v) is 2.56. The first-order valence-corrected chi connectivity index (χ1v) is 4.51. The minimum atomic E-state index is 0.117. The Morgan fingerprint density at radius 3 is 2.58 bits per heavy atom. The number of rotatable bonds is 3. The molecule has 0 N–H and O–H groups in total. The average Bonchev–Trinajstić information content (AvgIpc) is 2.05. The molecule has 0 bridgehead atoms. The molecule has 3 heteroatoms. The lowest BCUT2D eigenvalue weighted by Crippen LogP contribution is -2.42. The van der Waals surface area contributed by atoms with Crippen LogP contribution in [-0.2, 0) is 9.53 Å². The summed E-state index contributed by atoms with van der Waals surface area (Å²) in [6, 6.07) is 0.420. The Hall–Kier alpha value is -0.570. The Morgan fingerprint density at radius 1 is 1.33 bits per heavy atom. The number of carbonyl (C=O) groups is 1. The van der Waals surface area contributed by atoms with Crippen molar-refractivity contribution in [3.63, 3.8) is 0 Å². The summed E-state index contributed by atoms with van der Waals surface area (Å²) in [5, 5.41) is 0. The van der Waals surface area contributed by atoms with Crippen LogP contribution in [0.5, 0.6) is 0 Å². The van der Waals surface area contributed by atoms with E-state index < -0.39 is 0 Å². The Morgan fingerprint density at radius 2 is 2.00 bits per heavy atom. The van der Waals surface area contributed by atoms with Crippen LogP contribution in [0.4, 0.5) is 0 Å². The van der Waals surface area contributed by atoms with Gasteiger partial charge in [-0.1, -0.05) is 6.42 Å². The Labute approximate surface area is 73.7 Å². The first-order valence-electron chi connectivity index (χ1n) is 4.51. The molecule has 70 valence electrons. The standard InChI is InChI=1S/C9H17NO2/c1-10(2)8-5-3-4-6-9(8)12-7-11/h7-9H,3-6H2,1-2H3. The molecule has 1 rings (SSSR count). The minimum absolute atomic E-state index is 0.117. The molecule has 0 aromatic heterocycles. The van der Waals surface area contributed by atoms with Crippen molar-refractivity contribution in [3.05, 3.63) is 0 Å². The molecule has 0 aromatic rings. The van der Waals surface area contributed by atoms with E-state index in [2.05, 4.69) is 4.90 Å². The summed E-state index contributed by atoms with van der Waals surface area (Å²) in [6.45, 7) is 0.576. The number of nitrogens with zero attached hydrogens (tertiary/aromatic N) is 1. The van der Waals surface area contributed by atoms with Crippen LogP contribution in [0.25, 0.3) is 0 Å². The van der Waals surface area contributed by atoms with Gasteiger partial charge in [-0.2, -0.15) is 0 Å². The second kappa shape index (κ2) is 4.45. The van der Waals surface area contributed by atoms with Crippen LogP contribution in [-0.4, -0.2) is 37.6 Å². The molecule has 0 amide bonds. The fourth-order valence-corrected chi connectivity index (χ4v) is 1.90. The van der Waals surface area contributed by atoms with Crippen LogP contribution in [0, 0.1) is 0 Å². The zero-order valence-corrected chi connectivity index (χ0v) is 7.82. The summed E-state index contributed by atoms with van der Waals surface area (Å²) in [7, 11) is 4.08. The maximum absolute atomic E-state index is 10.2. The van der Waals surface area contributed by atoms with E-state index in [0.29, 0.717) is 12.5 Å². The smallest absolute Gasteiger partial charge is 0.293 e. The molecule has 0 spiro atoms. The summed E-state index contributed by atoms with van der Waals surface area (Å²) in [5.74, 6) is 0. The number of hydrogen-bond donors (Lipinski definition) is 0. The molecule has 0 saturated heterocycles. The molecule has 1 fully saturated rings. The summed E-state index contributed by atoms with van der Waals surface area (Å²) in [4.78, 5) is 12.3. The highest BCUT2D eigenvalue weighted by Gasteiger charge is 2.27. The molecule has 1 saturated carbocycles. The lowest BCUT2D eigenvalue weighted by Gasteiger charge is -2.34. The lowest BCUT2D eigenvalue weighted by molar-refractivity contribution is -0.138. The number of hydrogen-bond acceptors (Lipinski definition) is 3. The molecule has 2 unspecified atom stereocenters. The molecule has 0 aliphatic heterocycles. The first-order chi connectivity index (χ1) is 5.75. The van der Waals surface area contributed by atoms with Crippen molar-refractivity contribution in [3.8, 4) is 0 Å². The van der Waals surface area contributed by atoms with E-state index in [4.69, 9.17) is 4.74 Å². The number of carbonyl (C=O) groups excluding carboxylic acids is 1. The molecule has 3 nitrogen and oxygen atoms in total. The van der Waals surface area contributed by atoms with Gasteiger partial charge in [0.25, 0.3) is 6.47 Å². The van der Waals surface area contributed by atoms with Gasteiger partial charge in [0.15, 0.2) is 0 Å². The van der Waals surface area contributed by atoms with Crippen molar-refractivity contribution >= 4 is 6.47 Å². The van der Waals surface area contributed by atoms with Gasteiger partial charge in [0.2, 0.25) is 0 Å². The molecular weight excluding hydrogens is 154 g/mol. The molecule has 1 aliphatic carbocycles. The van der Waals surface area contributed by atoms with Gasteiger partial charge in [-0.3, -0.25) is 4.79 Å². The van der Waals surface area contributed by atoms with E-state index >= 15 is 0 Å². The predicted molar refractivity (Wildman–Crippen MR) is 46.9 cm³/mol. The van der Waals surface area contributed by atoms with Gasteiger partial charge in [-0.25, -0.2) is 0 Å². The van der Waals surface area contributed by atoms with Crippen molar-refractivity contribution < 1.29 is 9.53 Å². The maximum Gasteiger partial charge on any atom is 0.293 e. The van der Waals surface area contributed by atoms with E-state index in [1.807, 2.05) is 14.1 Å². The Balaban J connectivity index is 2.47. The lowest BCUT2D eigenvalue weighted by atomic mass is 9.92. The van der Waals surface area contributed by atoms with Crippen LogP contribution >= 0.6 is 0 Å². The fourth-order valence-electron chi connectivity index (χ4n) is 1.90. The highest BCUT2D eigenvalue weighted by Crippen LogP contribution is 2.23. The topological polar surface area (TPSA) is 29.5 Å². The summed E-state index contributed by atoms with van der Waals surface area (Å²) >= 11 is 0. The third-order valence-electron chi connectivity index (χ3n) is 2.56. The van der Waals surface area contributed by atoms with Crippen molar-refractivity contribution in [1.29, 1.82) is 0 Å². The summed E-state index contributed by atoms with van der Waals surface area (Å²) in [6.07, 6.45) is 4.71. The van der Waals surface area contributed by atoms with Crippen molar-refractivity contribution in [2.75, 3.05) is 14.1 Å². The second-order valence-electron chi connectivity index (χ2n) is 3.59. The van der Waals surface area contributed by atoms with E-state index in [1.165, 1.54) is 12.8 Å². The highest BCUT2D eigenvalue weighted by molar-refractivity contribution is 5.37. The van der Waals surface area contributed by atoms with Gasteiger partial charge in [0.05, 0.1) is 0 Å². The van der Waals surface area contributed by atoms with Crippen LogP contribution < -0.4 is 0 Å². The Kier molecular flexibility index (Phi) is 3.53. The van der Waals surface area contributed by atoms with Gasteiger partial charge in [0.1, 0.15) is 6.10 Å². The van der Waals surface area contributed by atoms with Gasteiger partial charge in [-0.15, -0.1) is 0 Å². The summed E-state index contributed by atoms with van der Waals surface area (Å²) in [5.41, 5.74) is 0. The van der Waals surface area contributed by atoms with Gasteiger partial charge < -0.3 is 9.64 Å². The number of likely N-dealkylation sites (N-methyl/N-ethyl adjacent to an activating group) is 1. The monoisotopic (exact) mass is 171 g/mol. The third kappa shape index (κ3) is 2.21.